The van der Waals surface area contributed by atoms with Crippen LogP contribution in [-0.2, 0) is 4.74 Å². The van der Waals surface area contributed by atoms with Gasteiger partial charge in [0.2, 0.25) is 0 Å². The number of ether oxygens (including phenoxy) is 1. The number of hydrogen-bond donors (Lipinski definition) is 1. The van der Waals surface area contributed by atoms with Crippen LogP contribution < -0.4 is 0 Å². The number of aliphatic hydroxyl groups excluding tert-OH is 1. The van der Waals surface area contributed by atoms with E-state index in [1.807, 2.05) is 16.8 Å². The van der Waals surface area contributed by atoms with Gasteiger partial charge in [0.15, 0.2) is 0 Å². The van der Waals surface area contributed by atoms with Crippen LogP contribution >= 0.6 is 11.3 Å². The molecule has 0 bridgehead atoms. The number of rotatable bonds is 3. The van der Waals surface area contributed by atoms with Gasteiger partial charge in [-0.05, 0) is 54.0 Å². The zero-order valence-corrected chi connectivity index (χ0v) is 10.8. The van der Waals surface area contributed by atoms with Crippen LogP contribution in [0.1, 0.15) is 44.3 Å². The van der Waals surface area contributed by atoms with E-state index >= 15 is 0 Å². The lowest BCUT2D eigenvalue weighted by Crippen LogP contribution is -2.41. The second kappa shape index (κ2) is 4.86. The summed E-state index contributed by atoms with van der Waals surface area (Å²) in [5.74, 6) is 0.762. The Hall–Kier alpha value is -0.380. The molecule has 2 rings (SSSR count). The molecule has 0 aliphatic heterocycles. The molecular formula is C13H20O2S. The van der Waals surface area contributed by atoms with E-state index in [0.29, 0.717) is 0 Å². The van der Waals surface area contributed by atoms with Crippen molar-refractivity contribution < 1.29 is 9.84 Å². The summed E-state index contributed by atoms with van der Waals surface area (Å²) in [7, 11) is 1.73. The number of aliphatic hydroxyl groups is 1. The van der Waals surface area contributed by atoms with Crippen LogP contribution in [0.3, 0.4) is 0 Å². The molecule has 1 N–H and O–H groups in total. The normalized spacial score (nSPS) is 32.6. The molecule has 90 valence electrons. The fourth-order valence-electron chi connectivity index (χ4n) is 2.57. The molecule has 1 heterocycles. The van der Waals surface area contributed by atoms with Gasteiger partial charge in [-0.2, -0.15) is 11.3 Å². The van der Waals surface area contributed by atoms with Crippen molar-refractivity contribution in [3.05, 3.63) is 22.4 Å². The van der Waals surface area contributed by atoms with Crippen molar-refractivity contribution in [2.24, 2.45) is 5.92 Å². The Balaban J connectivity index is 2.15. The lowest BCUT2D eigenvalue weighted by atomic mass is 9.75. The molecule has 1 atom stereocenters. The number of hydrogen-bond acceptors (Lipinski definition) is 3. The second-order valence-corrected chi connectivity index (χ2v) is 5.69. The Kier molecular flexibility index (Phi) is 3.67. The summed E-state index contributed by atoms with van der Waals surface area (Å²) in [5.41, 5.74) is 0.648. The van der Waals surface area contributed by atoms with Crippen LogP contribution in [0.2, 0.25) is 0 Å². The summed E-state index contributed by atoms with van der Waals surface area (Å²) < 4.78 is 5.67. The van der Waals surface area contributed by atoms with Gasteiger partial charge in [-0.25, -0.2) is 0 Å². The van der Waals surface area contributed by atoms with E-state index in [1.165, 1.54) is 0 Å². The monoisotopic (exact) mass is 240 g/mol. The minimum atomic E-state index is -0.476. The fourth-order valence-corrected chi connectivity index (χ4v) is 3.25. The van der Waals surface area contributed by atoms with Crippen molar-refractivity contribution in [1.82, 2.24) is 0 Å². The first-order valence-electron chi connectivity index (χ1n) is 5.93. The molecule has 0 radical (unpaired) electrons. The van der Waals surface area contributed by atoms with Gasteiger partial charge in [-0.1, -0.05) is 6.92 Å². The third-order valence-corrected chi connectivity index (χ3v) is 4.59. The molecule has 0 saturated heterocycles. The van der Waals surface area contributed by atoms with E-state index in [4.69, 9.17) is 4.74 Å². The topological polar surface area (TPSA) is 29.5 Å². The largest absolute Gasteiger partial charge is 0.385 e. The van der Waals surface area contributed by atoms with Gasteiger partial charge < -0.3 is 9.84 Å². The predicted octanol–water partition coefficient (Wildman–Crippen LogP) is 3.38. The highest BCUT2D eigenvalue weighted by molar-refractivity contribution is 7.07. The van der Waals surface area contributed by atoms with Gasteiger partial charge in [0.1, 0.15) is 6.10 Å². The molecular weight excluding hydrogens is 220 g/mol. The zero-order valence-electron chi connectivity index (χ0n) is 9.98. The van der Waals surface area contributed by atoms with Crippen LogP contribution in [0.4, 0.5) is 0 Å². The first kappa shape index (κ1) is 12.1. The molecule has 1 unspecified atom stereocenters. The average Bonchev–Trinajstić information content (AvgIpc) is 2.83. The average molecular weight is 240 g/mol. The van der Waals surface area contributed by atoms with E-state index in [-0.39, 0.29) is 5.60 Å². The molecule has 1 aliphatic carbocycles. The molecule has 3 heteroatoms. The Morgan fingerprint density at radius 3 is 2.69 bits per heavy atom. The smallest absolute Gasteiger partial charge is 0.109 e. The molecule has 1 aromatic rings. The van der Waals surface area contributed by atoms with Gasteiger partial charge in [-0.3, -0.25) is 0 Å². The van der Waals surface area contributed by atoms with E-state index < -0.39 is 6.10 Å². The van der Waals surface area contributed by atoms with E-state index in [1.54, 1.807) is 18.4 Å². The molecule has 2 nitrogen and oxygen atoms in total. The molecule has 1 saturated carbocycles. The second-order valence-electron chi connectivity index (χ2n) is 4.91. The van der Waals surface area contributed by atoms with Crippen LogP contribution in [-0.4, -0.2) is 17.8 Å². The summed E-state index contributed by atoms with van der Waals surface area (Å²) >= 11 is 1.63. The molecule has 0 aromatic carbocycles. The molecule has 1 fully saturated rings. The van der Waals surface area contributed by atoms with Gasteiger partial charge in [-0.15, -0.1) is 0 Å². The van der Waals surface area contributed by atoms with Crippen LogP contribution in [0.5, 0.6) is 0 Å². The minimum Gasteiger partial charge on any atom is -0.385 e. The highest BCUT2D eigenvalue weighted by atomic mass is 32.1. The van der Waals surface area contributed by atoms with Crippen molar-refractivity contribution >= 4 is 11.3 Å². The van der Waals surface area contributed by atoms with E-state index in [2.05, 4.69) is 6.92 Å². The van der Waals surface area contributed by atoms with E-state index in [9.17, 15) is 5.11 Å². The highest BCUT2D eigenvalue weighted by Crippen LogP contribution is 2.43. The van der Waals surface area contributed by atoms with Gasteiger partial charge in [0.25, 0.3) is 0 Å². The highest BCUT2D eigenvalue weighted by Gasteiger charge is 2.41. The maximum Gasteiger partial charge on any atom is 0.109 e. The van der Waals surface area contributed by atoms with Gasteiger partial charge in [0, 0.05) is 7.11 Å². The maximum absolute atomic E-state index is 10.5. The first-order valence-corrected chi connectivity index (χ1v) is 6.87. The lowest BCUT2D eigenvalue weighted by Gasteiger charge is -2.41. The summed E-state index contributed by atoms with van der Waals surface area (Å²) in [5, 5.41) is 14.5. The summed E-state index contributed by atoms with van der Waals surface area (Å²) in [6, 6.07) is 1.99. The van der Waals surface area contributed by atoms with Crippen molar-refractivity contribution in [1.29, 1.82) is 0 Å². The first-order chi connectivity index (χ1) is 7.68. The summed E-state index contributed by atoms with van der Waals surface area (Å²) in [6.45, 7) is 2.27. The van der Waals surface area contributed by atoms with Crippen molar-refractivity contribution in [3.8, 4) is 0 Å². The van der Waals surface area contributed by atoms with Crippen molar-refractivity contribution in [2.45, 2.75) is 44.3 Å². The van der Waals surface area contributed by atoms with Crippen molar-refractivity contribution in [2.75, 3.05) is 7.11 Å². The van der Waals surface area contributed by atoms with Gasteiger partial charge >= 0.3 is 0 Å². The fraction of sp³-hybridized carbons (Fsp3) is 0.692. The van der Waals surface area contributed by atoms with Crippen LogP contribution in [0, 0.1) is 5.92 Å². The predicted molar refractivity (Wildman–Crippen MR) is 66.7 cm³/mol. The van der Waals surface area contributed by atoms with Crippen molar-refractivity contribution in [3.63, 3.8) is 0 Å². The maximum atomic E-state index is 10.5. The summed E-state index contributed by atoms with van der Waals surface area (Å²) in [6.07, 6.45) is 3.74. The molecule has 0 amide bonds. The standard InChI is InChI=1S/C13H20O2S/c1-10-3-6-13(15-2,7-4-10)12(14)11-5-8-16-9-11/h5,8-10,12,14H,3-4,6-7H2,1-2H3. The zero-order chi connectivity index (χ0) is 11.6. The van der Waals surface area contributed by atoms with Crippen LogP contribution in [0.15, 0.2) is 16.8 Å². The molecule has 16 heavy (non-hydrogen) atoms. The van der Waals surface area contributed by atoms with E-state index in [0.717, 1.165) is 37.2 Å². The SMILES string of the molecule is COC1(C(O)c2ccsc2)CCC(C)CC1. The molecule has 0 spiro atoms. The lowest BCUT2D eigenvalue weighted by molar-refractivity contribution is -0.130. The Labute approximate surface area is 101 Å². The Morgan fingerprint density at radius 1 is 1.50 bits per heavy atom. The number of methoxy groups -OCH3 is 1. The molecule has 1 aromatic heterocycles. The van der Waals surface area contributed by atoms with Gasteiger partial charge in [0.05, 0.1) is 5.60 Å². The Morgan fingerprint density at radius 2 is 2.19 bits per heavy atom. The summed E-state index contributed by atoms with van der Waals surface area (Å²) in [4.78, 5) is 0. The Bertz CT molecular complexity index is 313. The quantitative estimate of drug-likeness (QED) is 0.877. The van der Waals surface area contributed by atoms with Crippen LogP contribution in [0.25, 0.3) is 0 Å². The third kappa shape index (κ3) is 2.17. The minimum absolute atomic E-state index is 0.354. The number of thiophene rings is 1. The third-order valence-electron chi connectivity index (χ3n) is 3.88. The molecule has 1 aliphatic rings.